The number of phenolic OH excluding ortho intramolecular Hbond substituents is 1. The van der Waals surface area contributed by atoms with Gasteiger partial charge < -0.3 is 5.11 Å². The van der Waals surface area contributed by atoms with Gasteiger partial charge in [-0.1, -0.05) is 12.1 Å². The maximum absolute atomic E-state index is 11.4. The van der Waals surface area contributed by atoms with E-state index in [-0.39, 0.29) is 5.75 Å². The van der Waals surface area contributed by atoms with Crippen molar-refractivity contribution in [1.29, 1.82) is 0 Å². The average molecular weight is 300 g/mol. The van der Waals surface area contributed by atoms with Crippen LogP contribution in [0.15, 0.2) is 29.4 Å². The van der Waals surface area contributed by atoms with E-state index in [2.05, 4.69) is 15.2 Å². The molecule has 0 aliphatic carbocycles. The molecule has 1 amide bonds. The molecule has 0 radical (unpaired) electrons. The number of rotatable bonds is 6. The zero-order valence-corrected chi connectivity index (χ0v) is 11.9. The van der Waals surface area contributed by atoms with Gasteiger partial charge in [-0.15, -0.1) is 0 Å². The number of hydrogen-bond acceptors (Lipinski definition) is 5. The van der Waals surface area contributed by atoms with Crippen LogP contribution in [-0.4, -0.2) is 50.6 Å². The van der Waals surface area contributed by atoms with E-state index in [4.69, 9.17) is 0 Å². The Kier molecular flexibility index (Phi) is 5.62. The molecular weight excluding hydrogens is 284 g/mol. The minimum Gasteiger partial charge on any atom is -0.507 e. The van der Waals surface area contributed by atoms with Crippen LogP contribution in [0.25, 0.3) is 0 Å². The maximum atomic E-state index is 11.4. The van der Waals surface area contributed by atoms with Crippen molar-refractivity contribution in [2.24, 2.45) is 5.10 Å². The number of para-hydroxylation sites is 1. The molecule has 1 aromatic carbocycles. The first-order chi connectivity index (χ1) is 9.33. The highest BCUT2D eigenvalue weighted by Gasteiger charge is 2.13. The van der Waals surface area contributed by atoms with E-state index in [1.165, 1.54) is 26.4 Å². The molecule has 0 spiro atoms. The highest BCUT2D eigenvalue weighted by atomic mass is 32.2. The van der Waals surface area contributed by atoms with Crippen molar-refractivity contribution in [1.82, 2.24) is 14.5 Å². The Balaban J connectivity index is 2.47. The minimum absolute atomic E-state index is 0.0267. The van der Waals surface area contributed by atoms with Crippen LogP contribution in [0, 0.1) is 0 Å². The minimum atomic E-state index is -3.65. The molecule has 110 valence electrons. The highest BCUT2D eigenvalue weighted by Crippen LogP contribution is 2.12. The number of carbonyl (C=O) groups is 1. The largest absolute Gasteiger partial charge is 0.507 e. The third-order valence-electron chi connectivity index (χ3n) is 2.23. The van der Waals surface area contributed by atoms with Crippen molar-refractivity contribution in [3.63, 3.8) is 0 Å². The summed E-state index contributed by atoms with van der Waals surface area (Å²) in [6.07, 6.45) is 1.26. The quantitative estimate of drug-likeness (QED) is 0.473. The van der Waals surface area contributed by atoms with E-state index < -0.39 is 22.7 Å². The third kappa shape index (κ3) is 4.96. The van der Waals surface area contributed by atoms with Crippen LogP contribution in [-0.2, 0) is 15.0 Å². The molecule has 1 rings (SSSR count). The number of phenols is 1. The monoisotopic (exact) mass is 300 g/mol. The molecule has 0 unspecified atom stereocenters. The number of amides is 1. The van der Waals surface area contributed by atoms with Crippen molar-refractivity contribution in [2.75, 3.05) is 20.6 Å². The topological polar surface area (TPSA) is 111 Å². The van der Waals surface area contributed by atoms with E-state index in [1.807, 2.05) is 0 Å². The fourth-order valence-electron chi connectivity index (χ4n) is 1.10. The summed E-state index contributed by atoms with van der Waals surface area (Å²) in [5.74, 6) is -0.596. The zero-order chi connectivity index (χ0) is 15.2. The maximum Gasteiger partial charge on any atom is 0.279 e. The molecule has 0 saturated carbocycles. The van der Waals surface area contributed by atoms with E-state index in [0.717, 1.165) is 4.31 Å². The summed E-state index contributed by atoms with van der Waals surface area (Å²) in [6.45, 7) is -0.432. The van der Waals surface area contributed by atoms with Crippen molar-refractivity contribution in [2.45, 2.75) is 0 Å². The highest BCUT2D eigenvalue weighted by molar-refractivity contribution is 7.87. The van der Waals surface area contributed by atoms with Gasteiger partial charge in [0.1, 0.15) is 5.75 Å². The Labute approximate surface area is 117 Å². The zero-order valence-electron chi connectivity index (χ0n) is 11.1. The smallest absolute Gasteiger partial charge is 0.279 e. The summed E-state index contributed by atoms with van der Waals surface area (Å²) in [7, 11) is -0.959. The van der Waals surface area contributed by atoms with Gasteiger partial charge in [-0.25, -0.2) is 5.43 Å². The molecule has 9 heteroatoms. The molecule has 0 aliphatic rings. The number of aromatic hydroxyl groups is 1. The molecule has 0 saturated heterocycles. The summed E-state index contributed by atoms with van der Waals surface area (Å²) in [5, 5.41) is 13.1. The first-order valence-electron chi connectivity index (χ1n) is 5.60. The Morgan fingerprint density at radius 2 is 2.05 bits per heavy atom. The molecule has 0 bridgehead atoms. The molecule has 0 fully saturated rings. The van der Waals surface area contributed by atoms with Gasteiger partial charge in [-0.05, 0) is 12.1 Å². The third-order valence-corrected chi connectivity index (χ3v) is 3.70. The number of nitrogens with zero attached hydrogens (tertiary/aromatic N) is 2. The van der Waals surface area contributed by atoms with Crippen LogP contribution in [0.4, 0.5) is 0 Å². The molecule has 0 aromatic heterocycles. The number of hydrogen-bond donors (Lipinski definition) is 3. The first kappa shape index (κ1) is 16.1. The van der Waals surface area contributed by atoms with Crippen LogP contribution >= 0.6 is 0 Å². The van der Waals surface area contributed by atoms with Crippen molar-refractivity contribution < 1.29 is 18.3 Å². The Bertz CT molecular complexity index is 598. The van der Waals surface area contributed by atoms with Gasteiger partial charge in [0.25, 0.3) is 16.1 Å². The standard InChI is InChI=1S/C11H16N4O4S/c1-15(2)20(18,19)13-8-11(17)14-12-7-9-5-3-4-6-10(9)16/h3-7,13,16H,8H2,1-2H3,(H,14,17)/b12-7+. The molecule has 20 heavy (non-hydrogen) atoms. The van der Waals surface area contributed by atoms with E-state index in [1.54, 1.807) is 18.2 Å². The normalized spacial score (nSPS) is 11.9. The van der Waals surface area contributed by atoms with Crippen LogP contribution < -0.4 is 10.1 Å². The molecule has 0 atom stereocenters. The van der Waals surface area contributed by atoms with E-state index >= 15 is 0 Å². The summed E-state index contributed by atoms with van der Waals surface area (Å²) < 4.78 is 25.7. The summed E-state index contributed by atoms with van der Waals surface area (Å²) >= 11 is 0. The summed E-state index contributed by atoms with van der Waals surface area (Å²) in [4.78, 5) is 11.4. The van der Waals surface area contributed by atoms with Gasteiger partial charge in [0.2, 0.25) is 0 Å². The lowest BCUT2D eigenvalue weighted by atomic mass is 10.2. The van der Waals surface area contributed by atoms with Crippen LogP contribution in [0.3, 0.4) is 0 Å². The van der Waals surface area contributed by atoms with Gasteiger partial charge in [0.15, 0.2) is 0 Å². The second-order valence-electron chi connectivity index (χ2n) is 3.96. The molecule has 3 N–H and O–H groups in total. The SMILES string of the molecule is CN(C)S(=O)(=O)NCC(=O)N/N=C/c1ccccc1O. The molecule has 8 nitrogen and oxygen atoms in total. The Morgan fingerprint density at radius 3 is 2.65 bits per heavy atom. The second kappa shape index (κ2) is 6.98. The lowest BCUT2D eigenvalue weighted by molar-refractivity contribution is -0.119. The van der Waals surface area contributed by atoms with Gasteiger partial charge in [0.05, 0.1) is 12.8 Å². The van der Waals surface area contributed by atoms with Crippen molar-refractivity contribution >= 4 is 22.3 Å². The van der Waals surface area contributed by atoms with Gasteiger partial charge in [0, 0.05) is 19.7 Å². The van der Waals surface area contributed by atoms with Crippen LogP contribution in [0.5, 0.6) is 5.75 Å². The lowest BCUT2D eigenvalue weighted by Crippen LogP contribution is -2.41. The number of hydrazone groups is 1. The second-order valence-corrected chi connectivity index (χ2v) is 5.93. The van der Waals surface area contributed by atoms with Gasteiger partial charge in [-0.2, -0.15) is 22.5 Å². The molecule has 0 aliphatic heterocycles. The Hall–Kier alpha value is -1.97. The van der Waals surface area contributed by atoms with Gasteiger partial charge in [-0.3, -0.25) is 4.79 Å². The predicted octanol–water partition coefficient (Wildman–Crippen LogP) is -0.762. The van der Waals surface area contributed by atoms with Crippen LogP contribution in [0.2, 0.25) is 0 Å². The fraction of sp³-hybridized carbons (Fsp3) is 0.273. The van der Waals surface area contributed by atoms with E-state index in [0.29, 0.717) is 5.56 Å². The number of nitrogens with one attached hydrogen (secondary N) is 2. The predicted molar refractivity (Wildman–Crippen MR) is 74.5 cm³/mol. The molecular formula is C11H16N4O4S. The fourth-order valence-corrected chi connectivity index (χ4v) is 1.67. The molecule has 1 aromatic rings. The first-order valence-corrected chi connectivity index (χ1v) is 7.04. The number of benzene rings is 1. The molecule has 0 heterocycles. The summed E-state index contributed by atoms with van der Waals surface area (Å²) in [6, 6.07) is 6.45. The van der Waals surface area contributed by atoms with Crippen molar-refractivity contribution in [3.05, 3.63) is 29.8 Å². The van der Waals surface area contributed by atoms with E-state index in [9.17, 15) is 18.3 Å². The number of carbonyl (C=O) groups excluding carboxylic acids is 1. The van der Waals surface area contributed by atoms with Crippen LogP contribution in [0.1, 0.15) is 5.56 Å². The summed E-state index contributed by atoms with van der Waals surface area (Å²) in [5.41, 5.74) is 2.58. The van der Waals surface area contributed by atoms with Crippen molar-refractivity contribution in [3.8, 4) is 5.75 Å². The van der Waals surface area contributed by atoms with Gasteiger partial charge >= 0.3 is 0 Å². The lowest BCUT2D eigenvalue weighted by Gasteiger charge is -2.11. The average Bonchev–Trinajstić information content (AvgIpc) is 2.38. The Morgan fingerprint density at radius 1 is 1.40 bits per heavy atom.